The maximum atomic E-state index is 12.2. The summed E-state index contributed by atoms with van der Waals surface area (Å²) in [5, 5.41) is 9.55. The molecule has 2 heterocycles. The fraction of sp³-hybridized carbons (Fsp3) is 0.560. The van der Waals surface area contributed by atoms with E-state index in [0.29, 0.717) is 39.0 Å². The molecule has 0 spiro atoms. The molecule has 0 aliphatic carbocycles. The standard InChI is InChI=1S/C25H36F3N7O2/c26-25(27,28)19-31-24(29)32-22-10-15-35(33-22)14-5-9-23(36)30-11-6-16-37-21-8-4-7-20(17-21)18-34-12-2-1-3-13-34/h4,7-8,10,15,17H,1-3,5-6,9,11-14,16,18-19H2,(H,30,36)(H3,29,31,32,33). The third-order valence-electron chi connectivity index (χ3n) is 5.78. The quantitative estimate of drug-likeness (QED) is 0.211. The van der Waals surface area contributed by atoms with E-state index in [1.54, 1.807) is 16.9 Å². The SMILES string of the molecule is NC(=NCC(F)(F)F)Nc1ccn(CCCC(=O)NCCCOc2cccc(CN3CCCCC3)c2)n1. The molecule has 0 saturated carbocycles. The van der Waals surface area contributed by atoms with E-state index in [9.17, 15) is 18.0 Å². The second-order valence-electron chi connectivity index (χ2n) is 9.05. The number of likely N-dealkylation sites (tertiary alicyclic amines) is 1. The summed E-state index contributed by atoms with van der Waals surface area (Å²) in [6.45, 7) is 3.43. The first kappa shape index (κ1) is 28.3. The number of anilines is 1. The first-order valence-corrected chi connectivity index (χ1v) is 12.6. The van der Waals surface area contributed by atoms with E-state index in [-0.39, 0.29) is 17.7 Å². The summed E-state index contributed by atoms with van der Waals surface area (Å²) < 4.78 is 44.0. The fourth-order valence-corrected chi connectivity index (χ4v) is 3.99. The Balaban J connectivity index is 1.25. The van der Waals surface area contributed by atoms with Gasteiger partial charge in [-0.05, 0) is 56.5 Å². The van der Waals surface area contributed by atoms with Gasteiger partial charge in [-0.3, -0.25) is 14.4 Å². The number of piperidine rings is 1. The molecular weight excluding hydrogens is 487 g/mol. The molecule has 1 saturated heterocycles. The Kier molecular flexibility index (Phi) is 11.1. The van der Waals surface area contributed by atoms with Crippen LogP contribution in [0.1, 0.15) is 44.1 Å². The Labute approximate surface area is 215 Å². The lowest BCUT2D eigenvalue weighted by atomic mass is 10.1. The molecule has 0 bridgehead atoms. The van der Waals surface area contributed by atoms with Gasteiger partial charge in [0.15, 0.2) is 11.8 Å². The summed E-state index contributed by atoms with van der Waals surface area (Å²) in [6.07, 6.45) is 2.69. The van der Waals surface area contributed by atoms with Crippen molar-refractivity contribution >= 4 is 17.7 Å². The van der Waals surface area contributed by atoms with Gasteiger partial charge in [-0.1, -0.05) is 18.6 Å². The molecule has 1 aliphatic heterocycles. The predicted octanol–water partition coefficient (Wildman–Crippen LogP) is 3.52. The number of carbonyl (C=O) groups is 1. The number of nitrogens with one attached hydrogen (secondary N) is 2. The maximum Gasteiger partial charge on any atom is 0.408 e. The summed E-state index contributed by atoms with van der Waals surface area (Å²) in [6, 6.07) is 9.76. The van der Waals surface area contributed by atoms with E-state index in [2.05, 4.69) is 37.8 Å². The van der Waals surface area contributed by atoms with Crippen LogP contribution in [0.15, 0.2) is 41.5 Å². The monoisotopic (exact) mass is 523 g/mol. The van der Waals surface area contributed by atoms with Crippen LogP contribution in [0, 0.1) is 0 Å². The highest BCUT2D eigenvalue weighted by atomic mass is 19.4. The maximum absolute atomic E-state index is 12.2. The number of aromatic nitrogens is 2. The molecule has 0 radical (unpaired) electrons. The van der Waals surface area contributed by atoms with Crippen molar-refractivity contribution in [1.82, 2.24) is 20.0 Å². The molecule has 3 rings (SSSR count). The van der Waals surface area contributed by atoms with Gasteiger partial charge in [0.1, 0.15) is 12.3 Å². The first-order chi connectivity index (χ1) is 17.8. The number of halogens is 3. The third kappa shape index (κ3) is 11.5. The number of hydrogen-bond donors (Lipinski definition) is 3. The van der Waals surface area contributed by atoms with Crippen molar-refractivity contribution in [3.05, 3.63) is 42.1 Å². The average molecular weight is 524 g/mol. The van der Waals surface area contributed by atoms with Crippen LogP contribution < -0.4 is 21.1 Å². The molecule has 1 fully saturated rings. The normalized spacial score (nSPS) is 14.9. The third-order valence-corrected chi connectivity index (χ3v) is 5.78. The van der Waals surface area contributed by atoms with Crippen molar-refractivity contribution in [3.8, 4) is 5.75 Å². The van der Waals surface area contributed by atoms with E-state index >= 15 is 0 Å². The van der Waals surface area contributed by atoms with Crippen LogP contribution in [0.5, 0.6) is 5.75 Å². The highest BCUT2D eigenvalue weighted by Crippen LogP contribution is 2.18. The number of rotatable bonds is 13. The van der Waals surface area contributed by atoms with E-state index in [1.807, 2.05) is 12.1 Å². The zero-order chi connectivity index (χ0) is 26.5. The van der Waals surface area contributed by atoms with Gasteiger partial charge in [0.05, 0.1) is 6.61 Å². The Morgan fingerprint density at radius 1 is 1.16 bits per heavy atom. The minimum absolute atomic E-state index is 0.0578. The number of amides is 1. The molecule has 12 heteroatoms. The average Bonchev–Trinajstić information content (AvgIpc) is 3.30. The van der Waals surface area contributed by atoms with Crippen LogP contribution in [-0.4, -0.2) is 65.5 Å². The second kappa shape index (κ2) is 14.5. The number of nitrogens with zero attached hydrogens (tertiary/aromatic N) is 4. The lowest BCUT2D eigenvalue weighted by molar-refractivity contribution is -0.121. The Bertz CT molecular complexity index is 1000. The topological polar surface area (TPSA) is 110 Å². The number of ether oxygens (including phenoxy) is 1. The summed E-state index contributed by atoms with van der Waals surface area (Å²) >= 11 is 0. The van der Waals surface area contributed by atoms with Crippen LogP contribution in [0.25, 0.3) is 0 Å². The number of aliphatic imine (C=N–C) groups is 1. The highest BCUT2D eigenvalue weighted by molar-refractivity contribution is 5.91. The summed E-state index contributed by atoms with van der Waals surface area (Å²) in [5.41, 5.74) is 6.69. The number of aryl methyl sites for hydroxylation is 1. The van der Waals surface area contributed by atoms with Gasteiger partial charge in [0, 0.05) is 38.3 Å². The zero-order valence-corrected chi connectivity index (χ0v) is 21.0. The number of alkyl halides is 3. The molecule has 0 atom stereocenters. The van der Waals surface area contributed by atoms with Crippen molar-refractivity contribution in [1.29, 1.82) is 0 Å². The summed E-state index contributed by atoms with van der Waals surface area (Å²) in [4.78, 5) is 17.8. The van der Waals surface area contributed by atoms with Crippen LogP contribution in [0.4, 0.5) is 19.0 Å². The van der Waals surface area contributed by atoms with E-state index in [0.717, 1.165) is 25.4 Å². The number of benzene rings is 1. The van der Waals surface area contributed by atoms with E-state index in [1.165, 1.54) is 24.8 Å². The molecule has 2 aromatic rings. The smallest absolute Gasteiger partial charge is 0.408 e. The number of carbonyl (C=O) groups excluding carboxylic acids is 1. The van der Waals surface area contributed by atoms with E-state index < -0.39 is 12.7 Å². The molecule has 1 aromatic heterocycles. The summed E-state index contributed by atoms with van der Waals surface area (Å²) in [7, 11) is 0. The van der Waals surface area contributed by atoms with Crippen molar-refractivity contribution in [2.24, 2.45) is 10.7 Å². The van der Waals surface area contributed by atoms with Crippen molar-refractivity contribution in [2.45, 2.75) is 57.8 Å². The fourth-order valence-electron chi connectivity index (χ4n) is 3.99. The lowest BCUT2D eigenvalue weighted by Gasteiger charge is -2.26. The molecule has 4 N–H and O–H groups in total. The van der Waals surface area contributed by atoms with Crippen molar-refractivity contribution in [2.75, 3.05) is 38.1 Å². The van der Waals surface area contributed by atoms with E-state index in [4.69, 9.17) is 10.5 Å². The Hall–Kier alpha value is -3.28. The van der Waals surface area contributed by atoms with Crippen LogP contribution in [0.2, 0.25) is 0 Å². The number of guanidine groups is 1. The largest absolute Gasteiger partial charge is 0.494 e. The summed E-state index contributed by atoms with van der Waals surface area (Å²) in [5.74, 6) is 0.709. The molecule has 37 heavy (non-hydrogen) atoms. The molecule has 9 nitrogen and oxygen atoms in total. The van der Waals surface area contributed by atoms with Gasteiger partial charge >= 0.3 is 6.18 Å². The minimum Gasteiger partial charge on any atom is -0.494 e. The van der Waals surface area contributed by atoms with Gasteiger partial charge in [-0.15, -0.1) is 0 Å². The number of hydrogen-bond acceptors (Lipinski definition) is 5. The number of nitrogens with two attached hydrogens (primary N) is 1. The van der Waals surface area contributed by atoms with Gasteiger partial charge < -0.3 is 21.1 Å². The minimum atomic E-state index is -4.42. The van der Waals surface area contributed by atoms with Gasteiger partial charge in [0.2, 0.25) is 5.91 Å². The van der Waals surface area contributed by atoms with Gasteiger partial charge in [0.25, 0.3) is 0 Å². The molecule has 1 aromatic carbocycles. The lowest BCUT2D eigenvalue weighted by Crippen LogP contribution is -2.29. The van der Waals surface area contributed by atoms with Crippen LogP contribution in [0.3, 0.4) is 0 Å². The van der Waals surface area contributed by atoms with Gasteiger partial charge in [-0.2, -0.15) is 18.3 Å². The van der Waals surface area contributed by atoms with Gasteiger partial charge in [-0.25, -0.2) is 4.99 Å². The van der Waals surface area contributed by atoms with Crippen molar-refractivity contribution < 1.29 is 22.7 Å². The highest BCUT2D eigenvalue weighted by Gasteiger charge is 2.26. The molecular formula is C25H36F3N7O2. The Morgan fingerprint density at radius 2 is 1.97 bits per heavy atom. The molecule has 1 amide bonds. The molecule has 0 unspecified atom stereocenters. The Morgan fingerprint density at radius 3 is 2.76 bits per heavy atom. The van der Waals surface area contributed by atoms with Crippen molar-refractivity contribution in [3.63, 3.8) is 0 Å². The predicted molar refractivity (Wildman–Crippen MR) is 136 cm³/mol. The van der Waals surface area contributed by atoms with Crippen LogP contribution >= 0.6 is 0 Å². The molecule has 204 valence electrons. The first-order valence-electron chi connectivity index (χ1n) is 12.6. The second-order valence-corrected chi connectivity index (χ2v) is 9.05. The molecule has 1 aliphatic rings. The van der Waals surface area contributed by atoms with Crippen LogP contribution in [-0.2, 0) is 17.9 Å². The zero-order valence-electron chi connectivity index (χ0n) is 21.0.